The predicted molar refractivity (Wildman–Crippen MR) is 92.4 cm³/mol. The number of pyridine rings is 1. The van der Waals surface area contributed by atoms with Gasteiger partial charge in [0.2, 0.25) is 0 Å². The van der Waals surface area contributed by atoms with Gasteiger partial charge in [0.15, 0.2) is 0 Å². The first kappa shape index (κ1) is 15.1. The van der Waals surface area contributed by atoms with Gasteiger partial charge in [-0.05, 0) is 36.2 Å². The minimum absolute atomic E-state index is 0.119. The predicted octanol–water partition coefficient (Wildman–Crippen LogP) is 4.54. The van der Waals surface area contributed by atoms with E-state index in [-0.39, 0.29) is 5.56 Å². The van der Waals surface area contributed by atoms with Crippen LogP contribution >= 0.6 is 11.6 Å². The molecule has 1 N–H and O–H groups in total. The van der Waals surface area contributed by atoms with Crippen molar-refractivity contribution >= 4 is 11.6 Å². The van der Waals surface area contributed by atoms with Gasteiger partial charge in [0.05, 0.1) is 0 Å². The molecule has 3 nitrogen and oxygen atoms in total. The molecule has 1 heterocycles. The van der Waals surface area contributed by atoms with E-state index >= 15 is 0 Å². The lowest BCUT2D eigenvalue weighted by molar-refractivity contribution is 1.22. The van der Waals surface area contributed by atoms with Gasteiger partial charge in [0.25, 0.3) is 5.56 Å². The first-order chi connectivity index (χ1) is 11.1. The van der Waals surface area contributed by atoms with Crippen molar-refractivity contribution in [2.75, 3.05) is 0 Å². The standard InChI is InChI=1S/C19H13ClN2O/c1-12-3-2-4-14(9-12)16-10-18(22-19(23)17(16)11-21)13-5-7-15(20)8-6-13/h2-10H,1H3,(H,22,23). The third-order valence-electron chi connectivity index (χ3n) is 3.63. The maximum Gasteiger partial charge on any atom is 0.266 e. The summed E-state index contributed by atoms with van der Waals surface area (Å²) in [5.74, 6) is 0. The molecule has 0 saturated carbocycles. The van der Waals surface area contributed by atoms with Gasteiger partial charge in [-0.25, -0.2) is 0 Å². The van der Waals surface area contributed by atoms with E-state index < -0.39 is 5.56 Å². The van der Waals surface area contributed by atoms with E-state index in [9.17, 15) is 10.1 Å². The fourth-order valence-corrected chi connectivity index (χ4v) is 2.62. The molecule has 0 atom stereocenters. The molecule has 2 aromatic carbocycles. The average Bonchev–Trinajstić information content (AvgIpc) is 2.55. The largest absolute Gasteiger partial charge is 0.321 e. The summed E-state index contributed by atoms with van der Waals surface area (Å²) < 4.78 is 0. The van der Waals surface area contributed by atoms with Crippen LogP contribution in [0.4, 0.5) is 0 Å². The highest BCUT2D eigenvalue weighted by molar-refractivity contribution is 6.30. The third kappa shape index (κ3) is 3.03. The van der Waals surface area contributed by atoms with E-state index in [0.717, 1.165) is 16.7 Å². The Bertz CT molecular complexity index is 966. The van der Waals surface area contributed by atoms with Crippen molar-refractivity contribution in [2.45, 2.75) is 6.92 Å². The van der Waals surface area contributed by atoms with Gasteiger partial charge in [-0.1, -0.05) is 53.6 Å². The van der Waals surface area contributed by atoms with E-state index in [4.69, 9.17) is 11.6 Å². The zero-order valence-electron chi connectivity index (χ0n) is 12.4. The quantitative estimate of drug-likeness (QED) is 0.753. The zero-order valence-corrected chi connectivity index (χ0v) is 13.2. The number of nitrogens with zero attached hydrogens (tertiary/aromatic N) is 1. The maximum absolute atomic E-state index is 12.3. The zero-order chi connectivity index (χ0) is 16.4. The van der Waals surface area contributed by atoms with Crippen LogP contribution in [0.2, 0.25) is 5.02 Å². The fraction of sp³-hybridized carbons (Fsp3) is 0.0526. The van der Waals surface area contributed by atoms with Crippen molar-refractivity contribution < 1.29 is 0 Å². The van der Waals surface area contributed by atoms with Crippen molar-refractivity contribution in [1.82, 2.24) is 4.98 Å². The molecule has 0 aliphatic carbocycles. The molecule has 112 valence electrons. The van der Waals surface area contributed by atoms with Crippen LogP contribution in [0, 0.1) is 18.3 Å². The number of nitrogens with one attached hydrogen (secondary N) is 1. The Hall–Kier alpha value is -2.83. The summed E-state index contributed by atoms with van der Waals surface area (Å²) in [4.78, 5) is 15.1. The topological polar surface area (TPSA) is 56.6 Å². The van der Waals surface area contributed by atoms with Crippen molar-refractivity contribution in [3.8, 4) is 28.5 Å². The van der Waals surface area contributed by atoms with Crippen molar-refractivity contribution in [3.63, 3.8) is 0 Å². The lowest BCUT2D eigenvalue weighted by Crippen LogP contribution is -2.12. The minimum atomic E-state index is -0.392. The molecule has 0 aliphatic rings. The number of aryl methyl sites for hydroxylation is 1. The van der Waals surface area contributed by atoms with Crippen LogP contribution < -0.4 is 5.56 Å². The molecule has 0 aliphatic heterocycles. The number of benzene rings is 2. The Morgan fingerprint density at radius 3 is 2.43 bits per heavy atom. The molecule has 0 saturated heterocycles. The summed E-state index contributed by atoms with van der Waals surface area (Å²) >= 11 is 5.91. The molecule has 0 amide bonds. The highest BCUT2D eigenvalue weighted by Gasteiger charge is 2.12. The number of halogens is 1. The second-order valence-corrected chi connectivity index (χ2v) is 5.73. The summed E-state index contributed by atoms with van der Waals surface area (Å²) in [5.41, 5.74) is 3.77. The molecule has 4 heteroatoms. The van der Waals surface area contributed by atoms with Crippen molar-refractivity contribution in [3.05, 3.63) is 81.1 Å². The SMILES string of the molecule is Cc1cccc(-c2cc(-c3ccc(Cl)cc3)[nH]c(=O)c2C#N)c1. The number of aromatic nitrogens is 1. The number of H-pyrrole nitrogens is 1. The number of hydrogen-bond acceptors (Lipinski definition) is 2. The van der Waals surface area contributed by atoms with Gasteiger partial charge < -0.3 is 4.98 Å². The lowest BCUT2D eigenvalue weighted by atomic mass is 9.98. The molecule has 0 fully saturated rings. The number of aromatic amines is 1. The normalized spacial score (nSPS) is 10.3. The lowest BCUT2D eigenvalue weighted by Gasteiger charge is -2.09. The first-order valence-corrected chi connectivity index (χ1v) is 7.46. The van der Waals surface area contributed by atoms with Crippen LogP contribution in [-0.4, -0.2) is 4.98 Å². The third-order valence-corrected chi connectivity index (χ3v) is 3.88. The van der Waals surface area contributed by atoms with Crippen LogP contribution in [0.5, 0.6) is 0 Å². The van der Waals surface area contributed by atoms with Crippen LogP contribution in [0.1, 0.15) is 11.1 Å². The second-order valence-electron chi connectivity index (χ2n) is 5.29. The van der Waals surface area contributed by atoms with Crippen LogP contribution in [-0.2, 0) is 0 Å². The molecular formula is C19H13ClN2O. The van der Waals surface area contributed by atoms with Gasteiger partial charge in [-0.2, -0.15) is 5.26 Å². The summed E-state index contributed by atoms with van der Waals surface area (Å²) in [6.07, 6.45) is 0. The van der Waals surface area contributed by atoms with E-state index in [0.29, 0.717) is 16.3 Å². The fourth-order valence-electron chi connectivity index (χ4n) is 2.50. The molecule has 3 rings (SSSR count). The Morgan fingerprint density at radius 2 is 1.78 bits per heavy atom. The Balaban J connectivity index is 2.24. The van der Waals surface area contributed by atoms with Gasteiger partial charge in [0, 0.05) is 16.3 Å². The second kappa shape index (κ2) is 6.12. The smallest absolute Gasteiger partial charge is 0.266 e. The highest BCUT2D eigenvalue weighted by atomic mass is 35.5. The molecule has 23 heavy (non-hydrogen) atoms. The molecule has 3 aromatic rings. The number of nitriles is 1. The minimum Gasteiger partial charge on any atom is -0.321 e. The molecule has 0 radical (unpaired) electrons. The monoisotopic (exact) mass is 320 g/mol. The van der Waals surface area contributed by atoms with Crippen LogP contribution in [0.3, 0.4) is 0 Å². The molecular weight excluding hydrogens is 308 g/mol. The Morgan fingerprint density at radius 1 is 1.04 bits per heavy atom. The average molecular weight is 321 g/mol. The number of rotatable bonds is 2. The van der Waals surface area contributed by atoms with Gasteiger partial charge >= 0.3 is 0 Å². The molecule has 1 aromatic heterocycles. The van der Waals surface area contributed by atoms with E-state index in [2.05, 4.69) is 4.98 Å². The maximum atomic E-state index is 12.3. The van der Waals surface area contributed by atoms with Crippen LogP contribution in [0.15, 0.2) is 59.4 Å². The number of hydrogen-bond donors (Lipinski definition) is 1. The highest BCUT2D eigenvalue weighted by Crippen LogP contribution is 2.27. The molecule has 0 unspecified atom stereocenters. The van der Waals surface area contributed by atoms with Gasteiger partial charge in [-0.15, -0.1) is 0 Å². The summed E-state index contributed by atoms with van der Waals surface area (Å²) in [5, 5.41) is 9.97. The summed E-state index contributed by atoms with van der Waals surface area (Å²) in [7, 11) is 0. The van der Waals surface area contributed by atoms with Gasteiger partial charge in [-0.3, -0.25) is 4.79 Å². The summed E-state index contributed by atoms with van der Waals surface area (Å²) in [6, 6.07) is 18.8. The molecule has 0 spiro atoms. The molecule has 0 bridgehead atoms. The van der Waals surface area contributed by atoms with E-state index in [1.807, 2.05) is 55.5 Å². The van der Waals surface area contributed by atoms with Crippen molar-refractivity contribution in [2.24, 2.45) is 0 Å². The first-order valence-electron chi connectivity index (χ1n) is 7.09. The van der Waals surface area contributed by atoms with E-state index in [1.165, 1.54) is 0 Å². The summed E-state index contributed by atoms with van der Waals surface area (Å²) in [6.45, 7) is 1.98. The van der Waals surface area contributed by atoms with Crippen molar-refractivity contribution in [1.29, 1.82) is 5.26 Å². The van der Waals surface area contributed by atoms with E-state index in [1.54, 1.807) is 12.1 Å². The Labute approximate surface area is 138 Å². The van der Waals surface area contributed by atoms with Gasteiger partial charge in [0.1, 0.15) is 11.6 Å². The Kier molecular flexibility index (Phi) is 4.01. The van der Waals surface area contributed by atoms with Crippen LogP contribution in [0.25, 0.3) is 22.4 Å².